The van der Waals surface area contributed by atoms with Gasteiger partial charge in [-0.15, -0.1) is 0 Å². The molecule has 1 aliphatic carbocycles. The lowest BCUT2D eigenvalue weighted by molar-refractivity contribution is -0.0649. The Morgan fingerprint density at radius 3 is 2.57 bits per heavy atom. The summed E-state index contributed by atoms with van der Waals surface area (Å²) < 4.78 is 9.99. The SMILES string of the molecule is CC(OC1CCCCC1)n1nnn(-c2ccccc2)c1=S. The highest BCUT2D eigenvalue weighted by Crippen LogP contribution is 2.24. The summed E-state index contributed by atoms with van der Waals surface area (Å²) in [5.74, 6) is 0. The van der Waals surface area contributed by atoms with Crippen molar-refractivity contribution in [1.29, 1.82) is 0 Å². The van der Waals surface area contributed by atoms with E-state index in [1.807, 2.05) is 37.3 Å². The van der Waals surface area contributed by atoms with Crippen LogP contribution in [0.2, 0.25) is 0 Å². The van der Waals surface area contributed by atoms with Gasteiger partial charge in [-0.2, -0.15) is 9.36 Å². The Hall–Kier alpha value is -1.53. The van der Waals surface area contributed by atoms with E-state index >= 15 is 0 Å². The molecule has 1 heterocycles. The molecule has 0 saturated heterocycles. The van der Waals surface area contributed by atoms with Gasteiger partial charge in [-0.25, -0.2) is 0 Å². The third-order valence-electron chi connectivity index (χ3n) is 3.89. The molecule has 1 aliphatic rings. The second kappa shape index (κ2) is 6.49. The van der Waals surface area contributed by atoms with E-state index in [0.717, 1.165) is 18.5 Å². The summed E-state index contributed by atoms with van der Waals surface area (Å²) in [7, 11) is 0. The Morgan fingerprint density at radius 2 is 1.86 bits per heavy atom. The topological polar surface area (TPSA) is 44.9 Å². The number of hydrogen-bond donors (Lipinski definition) is 0. The van der Waals surface area contributed by atoms with E-state index in [0.29, 0.717) is 10.9 Å². The fourth-order valence-electron chi connectivity index (χ4n) is 2.75. The average molecular weight is 304 g/mol. The largest absolute Gasteiger partial charge is 0.353 e. The zero-order valence-corrected chi connectivity index (χ0v) is 13.0. The van der Waals surface area contributed by atoms with Crippen LogP contribution >= 0.6 is 12.2 Å². The fraction of sp³-hybridized carbons (Fsp3) is 0.533. The van der Waals surface area contributed by atoms with Crippen molar-refractivity contribution in [2.45, 2.75) is 51.4 Å². The number of tetrazole rings is 1. The summed E-state index contributed by atoms with van der Waals surface area (Å²) in [6.45, 7) is 1.98. The van der Waals surface area contributed by atoms with Crippen molar-refractivity contribution in [1.82, 2.24) is 19.8 Å². The Bertz CT molecular complexity index is 631. The summed E-state index contributed by atoms with van der Waals surface area (Å²) in [4.78, 5) is 0. The highest BCUT2D eigenvalue weighted by atomic mass is 32.1. The number of aromatic nitrogens is 4. The second-order valence-corrected chi connectivity index (χ2v) is 5.81. The van der Waals surface area contributed by atoms with Gasteiger partial charge in [-0.3, -0.25) is 0 Å². The number of para-hydroxylation sites is 1. The molecule has 21 heavy (non-hydrogen) atoms. The van der Waals surface area contributed by atoms with Crippen molar-refractivity contribution in [3.8, 4) is 5.69 Å². The molecule has 2 aromatic rings. The maximum atomic E-state index is 6.09. The van der Waals surface area contributed by atoms with Gasteiger partial charge < -0.3 is 4.74 Å². The van der Waals surface area contributed by atoms with Gasteiger partial charge in [0.15, 0.2) is 6.23 Å². The van der Waals surface area contributed by atoms with E-state index in [1.54, 1.807) is 9.36 Å². The Labute approximate surface area is 129 Å². The van der Waals surface area contributed by atoms with E-state index < -0.39 is 0 Å². The molecule has 0 amide bonds. The van der Waals surface area contributed by atoms with Gasteiger partial charge in [-0.05, 0) is 54.5 Å². The predicted octanol–water partition coefficient (Wildman–Crippen LogP) is 3.67. The molecule has 0 N–H and O–H groups in total. The first-order chi connectivity index (χ1) is 10.3. The quantitative estimate of drug-likeness (QED) is 0.809. The molecule has 1 unspecified atom stereocenters. The molecule has 1 aromatic heterocycles. The van der Waals surface area contributed by atoms with Crippen LogP contribution in [0.25, 0.3) is 5.69 Å². The molecule has 1 aromatic carbocycles. The van der Waals surface area contributed by atoms with Crippen molar-refractivity contribution in [2.75, 3.05) is 0 Å². The van der Waals surface area contributed by atoms with Crippen molar-refractivity contribution < 1.29 is 4.74 Å². The van der Waals surface area contributed by atoms with Gasteiger partial charge >= 0.3 is 0 Å². The lowest BCUT2D eigenvalue weighted by Gasteiger charge is -2.25. The minimum Gasteiger partial charge on any atom is -0.353 e. The number of nitrogens with zero attached hydrogens (tertiary/aromatic N) is 4. The molecule has 1 saturated carbocycles. The van der Waals surface area contributed by atoms with Gasteiger partial charge in [-0.1, -0.05) is 37.5 Å². The van der Waals surface area contributed by atoms with Gasteiger partial charge in [0.05, 0.1) is 11.8 Å². The number of ether oxygens (including phenoxy) is 1. The third-order valence-corrected chi connectivity index (χ3v) is 4.25. The van der Waals surface area contributed by atoms with E-state index in [4.69, 9.17) is 17.0 Å². The highest BCUT2D eigenvalue weighted by Gasteiger charge is 2.19. The summed E-state index contributed by atoms with van der Waals surface area (Å²) in [6, 6.07) is 9.80. The van der Waals surface area contributed by atoms with Gasteiger partial charge in [0.25, 0.3) is 0 Å². The second-order valence-electron chi connectivity index (χ2n) is 5.45. The van der Waals surface area contributed by atoms with Crippen LogP contribution in [0.4, 0.5) is 0 Å². The monoisotopic (exact) mass is 304 g/mol. The first kappa shape index (κ1) is 14.4. The lowest BCUT2D eigenvalue weighted by atomic mass is 9.98. The smallest absolute Gasteiger partial charge is 0.223 e. The van der Waals surface area contributed by atoms with Crippen LogP contribution in [0, 0.1) is 4.77 Å². The van der Waals surface area contributed by atoms with Gasteiger partial charge in [0.2, 0.25) is 4.77 Å². The zero-order valence-electron chi connectivity index (χ0n) is 12.2. The molecule has 1 fully saturated rings. The third kappa shape index (κ3) is 3.22. The van der Waals surface area contributed by atoms with Crippen molar-refractivity contribution in [3.63, 3.8) is 0 Å². The number of rotatable bonds is 4. The highest BCUT2D eigenvalue weighted by molar-refractivity contribution is 7.71. The molecule has 5 nitrogen and oxygen atoms in total. The maximum absolute atomic E-state index is 6.09. The predicted molar refractivity (Wildman–Crippen MR) is 82.9 cm³/mol. The maximum Gasteiger partial charge on any atom is 0.223 e. The molecule has 0 aliphatic heterocycles. The molecule has 3 rings (SSSR count). The minimum atomic E-state index is -0.182. The Kier molecular flexibility index (Phi) is 4.45. The van der Waals surface area contributed by atoms with Crippen LogP contribution in [0.5, 0.6) is 0 Å². The molecule has 112 valence electrons. The first-order valence-corrected chi connectivity index (χ1v) is 7.92. The molecule has 1 atom stereocenters. The molecular weight excluding hydrogens is 284 g/mol. The van der Waals surface area contributed by atoms with E-state index in [-0.39, 0.29) is 6.23 Å². The molecule has 0 spiro atoms. The summed E-state index contributed by atoms with van der Waals surface area (Å²) in [5.41, 5.74) is 0.915. The van der Waals surface area contributed by atoms with Gasteiger partial charge in [0.1, 0.15) is 0 Å². The van der Waals surface area contributed by atoms with E-state index in [2.05, 4.69) is 10.4 Å². The summed E-state index contributed by atoms with van der Waals surface area (Å²) in [5, 5.41) is 8.30. The van der Waals surface area contributed by atoms with E-state index in [1.165, 1.54) is 19.3 Å². The van der Waals surface area contributed by atoms with Crippen LogP contribution < -0.4 is 0 Å². The van der Waals surface area contributed by atoms with E-state index in [9.17, 15) is 0 Å². The molecule has 6 heteroatoms. The van der Waals surface area contributed by atoms with Crippen molar-refractivity contribution in [3.05, 3.63) is 35.1 Å². The fourth-order valence-corrected chi connectivity index (χ4v) is 3.08. The van der Waals surface area contributed by atoms with Crippen molar-refractivity contribution >= 4 is 12.2 Å². The molecule has 0 radical (unpaired) electrons. The van der Waals surface area contributed by atoms with Crippen molar-refractivity contribution in [2.24, 2.45) is 0 Å². The van der Waals surface area contributed by atoms with Crippen LogP contribution in [0.3, 0.4) is 0 Å². The van der Waals surface area contributed by atoms with Crippen LogP contribution in [0.15, 0.2) is 30.3 Å². The van der Waals surface area contributed by atoms with Crippen LogP contribution in [-0.4, -0.2) is 25.9 Å². The Balaban J connectivity index is 1.77. The lowest BCUT2D eigenvalue weighted by Crippen LogP contribution is -2.22. The Morgan fingerprint density at radius 1 is 1.14 bits per heavy atom. The zero-order chi connectivity index (χ0) is 14.7. The molecular formula is C15H20N4OS. The van der Waals surface area contributed by atoms with Crippen LogP contribution in [-0.2, 0) is 4.74 Å². The first-order valence-electron chi connectivity index (χ1n) is 7.51. The van der Waals surface area contributed by atoms with Crippen LogP contribution in [0.1, 0.15) is 45.3 Å². The average Bonchev–Trinajstić information content (AvgIpc) is 2.91. The van der Waals surface area contributed by atoms with Gasteiger partial charge in [0, 0.05) is 0 Å². The number of benzene rings is 1. The standard InChI is InChI=1S/C15H20N4OS/c1-12(20-14-10-6-3-7-11-14)18-15(21)19(17-16-18)13-8-4-2-5-9-13/h2,4-5,8-9,12,14H,3,6-7,10-11H2,1H3. The summed E-state index contributed by atoms with van der Waals surface area (Å²) in [6.07, 6.45) is 6.21. The summed E-state index contributed by atoms with van der Waals surface area (Å²) >= 11 is 5.47. The minimum absolute atomic E-state index is 0.182. The normalized spacial score (nSPS) is 17.8. The number of hydrogen-bond acceptors (Lipinski definition) is 4. The molecule has 0 bridgehead atoms.